The van der Waals surface area contributed by atoms with E-state index >= 15 is 0 Å². The lowest BCUT2D eigenvalue weighted by molar-refractivity contribution is 0.0949. The SMILES string of the molecule is C=CCCNC(=O)c1c(SC)nc(=O)[nH]c1C. The zero-order chi connectivity index (χ0) is 12.8. The van der Waals surface area contributed by atoms with E-state index in [2.05, 4.69) is 21.9 Å². The molecule has 92 valence electrons. The maximum Gasteiger partial charge on any atom is 0.346 e. The highest BCUT2D eigenvalue weighted by Crippen LogP contribution is 2.17. The minimum absolute atomic E-state index is 0.225. The third kappa shape index (κ3) is 3.45. The molecule has 6 heteroatoms. The molecule has 0 spiro atoms. The highest BCUT2D eigenvalue weighted by molar-refractivity contribution is 7.98. The van der Waals surface area contributed by atoms with Gasteiger partial charge in [0.15, 0.2) is 0 Å². The largest absolute Gasteiger partial charge is 0.352 e. The molecule has 0 radical (unpaired) electrons. The summed E-state index contributed by atoms with van der Waals surface area (Å²) in [6.07, 6.45) is 4.21. The van der Waals surface area contributed by atoms with Crippen LogP contribution in [0.15, 0.2) is 22.5 Å². The minimum atomic E-state index is -0.436. The van der Waals surface area contributed by atoms with Crippen molar-refractivity contribution < 1.29 is 4.79 Å². The quantitative estimate of drug-likeness (QED) is 0.357. The summed E-state index contributed by atoms with van der Waals surface area (Å²) in [5.74, 6) is -0.225. The molecule has 1 amide bonds. The van der Waals surface area contributed by atoms with Gasteiger partial charge in [-0.15, -0.1) is 18.3 Å². The number of aromatic nitrogens is 2. The van der Waals surface area contributed by atoms with Crippen LogP contribution in [0.3, 0.4) is 0 Å². The summed E-state index contributed by atoms with van der Waals surface area (Å²) in [7, 11) is 0. The first kappa shape index (κ1) is 13.5. The van der Waals surface area contributed by atoms with Crippen molar-refractivity contribution in [1.29, 1.82) is 0 Å². The Morgan fingerprint density at radius 3 is 2.94 bits per heavy atom. The van der Waals surface area contributed by atoms with Crippen molar-refractivity contribution in [3.05, 3.63) is 34.4 Å². The Hall–Kier alpha value is -1.56. The van der Waals surface area contributed by atoms with Crippen molar-refractivity contribution in [3.8, 4) is 0 Å². The van der Waals surface area contributed by atoms with Crippen LogP contribution in [0.5, 0.6) is 0 Å². The number of nitrogens with one attached hydrogen (secondary N) is 2. The van der Waals surface area contributed by atoms with Crippen LogP contribution in [0, 0.1) is 6.92 Å². The van der Waals surface area contributed by atoms with E-state index in [0.717, 1.165) is 0 Å². The van der Waals surface area contributed by atoms with Crippen LogP contribution in [0.2, 0.25) is 0 Å². The van der Waals surface area contributed by atoms with Crippen molar-refractivity contribution in [2.75, 3.05) is 12.8 Å². The van der Waals surface area contributed by atoms with Gasteiger partial charge in [0.2, 0.25) is 0 Å². The molecule has 0 unspecified atom stereocenters. The lowest BCUT2D eigenvalue weighted by Gasteiger charge is -2.09. The minimum Gasteiger partial charge on any atom is -0.352 e. The second-order valence-corrected chi connectivity index (χ2v) is 4.18. The maximum atomic E-state index is 11.9. The summed E-state index contributed by atoms with van der Waals surface area (Å²) in [5.41, 5.74) is 0.529. The van der Waals surface area contributed by atoms with Gasteiger partial charge in [-0.2, -0.15) is 4.98 Å². The number of thioether (sulfide) groups is 1. The molecular weight excluding hydrogens is 238 g/mol. The topological polar surface area (TPSA) is 74.8 Å². The average Bonchev–Trinajstić information content (AvgIpc) is 2.27. The Kier molecular flexibility index (Phi) is 4.96. The van der Waals surface area contributed by atoms with Gasteiger partial charge >= 0.3 is 5.69 Å². The van der Waals surface area contributed by atoms with Gasteiger partial charge in [-0.05, 0) is 19.6 Å². The molecule has 1 aromatic heterocycles. The number of aryl methyl sites for hydroxylation is 1. The number of hydrogen-bond acceptors (Lipinski definition) is 4. The Balaban J connectivity index is 2.99. The molecule has 0 fully saturated rings. The molecule has 2 N–H and O–H groups in total. The molecule has 0 saturated carbocycles. The van der Waals surface area contributed by atoms with E-state index in [1.54, 1.807) is 19.3 Å². The van der Waals surface area contributed by atoms with E-state index in [1.165, 1.54) is 11.8 Å². The Bertz CT molecular complexity index is 482. The predicted molar refractivity (Wildman–Crippen MR) is 68.5 cm³/mol. The molecule has 1 aromatic rings. The zero-order valence-electron chi connectivity index (χ0n) is 9.87. The van der Waals surface area contributed by atoms with Gasteiger partial charge in [-0.25, -0.2) is 4.79 Å². The van der Waals surface area contributed by atoms with Gasteiger partial charge in [-0.1, -0.05) is 6.08 Å². The summed E-state index contributed by atoms with van der Waals surface area (Å²) >= 11 is 1.28. The fraction of sp³-hybridized carbons (Fsp3) is 0.364. The molecule has 0 aliphatic heterocycles. The number of aromatic amines is 1. The van der Waals surface area contributed by atoms with E-state index in [4.69, 9.17) is 0 Å². The van der Waals surface area contributed by atoms with Gasteiger partial charge in [0.1, 0.15) is 5.03 Å². The first-order valence-corrected chi connectivity index (χ1v) is 6.36. The van der Waals surface area contributed by atoms with Crippen LogP contribution < -0.4 is 11.0 Å². The molecule has 0 aliphatic rings. The lowest BCUT2D eigenvalue weighted by Crippen LogP contribution is -2.28. The summed E-state index contributed by atoms with van der Waals surface area (Å²) < 4.78 is 0. The molecular formula is C11H15N3O2S. The van der Waals surface area contributed by atoms with Gasteiger partial charge < -0.3 is 10.3 Å². The number of H-pyrrole nitrogens is 1. The molecule has 17 heavy (non-hydrogen) atoms. The van der Waals surface area contributed by atoms with Gasteiger partial charge in [0, 0.05) is 12.2 Å². The number of nitrogens with zero attached hydrogens (tertiary/aromatic N) is 1. The van der Waals surface area contributed by atoms with E-state index in [-0.39, 0.29) is 5.91 Å². The summed E-state index contributed by atoms with van der Waals surface area (Å²) in [4.78, 5) is 29.4. The van der Waals surface area contributed by atoms with E-state index in [9.17, 15) is 9.59 Å². The van der Waals surface area contributed by atoms with Crippen LogP contribution in [0.25, 0.3) is 0 Å². The van der Waals surface area contributed by atoms with Crippen LogP contribution in [0.4, 0.5) is 0 Å². The van der Waals surface area contributed by atoms with E-state index < -0.39 is 5.69 Å². The van der Waals surface area contributed by atoms with Crippen LogP contribution in [-0.4, -0.2) is 28.7 Å². The van der Waals surface area contributed by atoms with E-state index in [0.29, 0.717) is 29.2 Å². The Morgan fingerprint density at radius 1 is 1.65 bits per heavy atom. The van der Waals surface area contributed by atoms with Gasteiger partial charge in [-0.3, -0.25) is 4.79 Å². The standard InChI is InChI=1S/C11H15N3O2S/c1-4-5-6-12-9(15)8-7(2)13-11(16)14-10(8)17-3/h4H,1,5-6H2,2-3H3,(H,12,15)(H,13,14,16). The molecule has 1 rings (SSSR count). The van der Waals surface area contributed by atoms with Crippen LogP contribution in [0.1, 0.15) is 22.5 Å². The Morgan fingerprint density at radius 2 is 2.35 bits per heavy atom. The molecule has 0 aliphatic carbocycles. The van der Waals surface area contributed by atoms with E-state index in [1.807, 2.05) is 0 Å². The average molecular weight is 253 g/mol. The van der Waals surface area contributed by atoms with Crippen molar-refractivity contribution in [2.24, 2.45) is 0 Å². The van der Waals surface area contributed by atoms with Crippen LogP contribution >= 0.6 is 11.8 Å². The second kappa shape index (κ2) is 6.24. The number of amides is 1. The lowest BCUT2D eigenvalue weighted by atomic mass is 10.2. The third-order valence-electron chi connectivity index (χ3n) is 2.14. The normalized spacial score (nSPS) is 10.0. The highest BCUT2D eigenvalue weighted by atomic mass is 32.2. The third-order valence-corrected chi connectivity index (χ3v) is 2.82. The number of rotatable bonds is 5. The summed E-state index contributed by atoms with van der Waals surface area (Å²) in [6, 6.07) is 0. The molecule has 0 bridgehead atoms. The zero-order valence-corrected chi connectivity index (χ0v) is 10.7. The highest BCUT2D eigenvalue weighted by Gasteiger charge is 2.16. The van der Waals surface area contributed by atoms with Crippen molar-refractivity contribution in [2.45, 2.75) is 18.4 Å². The Labute approximate surface area is 104 Å². The fourth-order valence-corrected chi connectivity index (χ4v) is 1.97. The van der Waals surface area contributed by atoms with Gasteiger partial charge in [0.05, 0.1) is 5.56 Å². The first-order chi connectivity index (χ1) is 8.10. The molecule has 0 aromatic carbocycles. The molecule has 0 atom stereocenters. The summed E-state index contributed by atoms with van der Waals surface area (Å²) in [6.45, 7) is 5.79. The summed E-state index contributed by atoms with van der Waals surface area (Å²) in [5, 5.41) is 3.20. The van der Waals surface area contributed by atoms with Crippen molar-refractivity contribution >= 4 is 17.7 Å². The number of carbonyl (C=O) groups excluding carboxylic acids is 1. The van der Waals surface area contributed by atoms with Crippen molar-refractivity contribution in [3.63, 3.8) is 0 Å². The number of hydrogen-bond donors (Lipinski definition) is 2. The molecule has 0 saturated heterocycles. The molecule has 1 heterocycles. The number of carbonyl (C=O) groups is 1. The molecule has 5 nitrogen and oxygen atoms in total. The first-order valence-electron chi connectivity index (χ1n) is 5.14. The van der Waals surface area contributed by atoms with Crippen LogP contribution in [-0.2, 0) is 0 Å². The maximum absolute atomic E-state index is 11.9. The van der Waals surface area contributed by atoms with Crippen molar-refractivity contribution in [1.82, 2.24) is 15.3 Å². The monoisotopic (exact) mass is 253 g/mol. The predicted octanol–water partition coefficient (Wildman–Crippen LogP) is 1.11. The smallest absolute Gasteiger partial charge is 0.346 e. The second-order valence-electron chi connectivity index (χ2n) is 3.38. The fourth-order valence-electron chi connectivity index (χ4n) is 1.35. The van der Waals surface area contributed by atoms with Gasteiger partial charge in [0.25, 0.3) is 5.91 Å².